The first-order chi connectivity index (χ1) is 13.7. The second kappa shape index (κ2) is 7.93. The Morgan fingerprint density at radius 2 is 2.14 bits per heavy atom. The number of nitrogen functional groups attached to an aromatic ring is 1. The number of nitrogens with two attached hydrogens (primary N) is 1. The number of hydrogen-bond donors (Lipinski definition) is 3. The van der Waals surface area contributed by atoms with Gasteiger partial charge in [-0.05, 0) is 50.5 Å². The third kappa shape index (κ3) is 3.68. The van der Waals surface area contributed by atoms with Gasteiger partial charge in [0.25, 0.3) is 0 Å². The van der Waals surface area contributed by atoms with Gasteiger partial charge in [-0.25, -0.2) is 4.68 Å². The summed E-state index contributed by atoms with van der Waals surface area (Å²) in [5.41, 5.74) is 3.75. The van der Waals surface area contributed by atoms with E-state index in [0.717, 1.165) is 42.0 Å². The lowest BCUT2D eigenvalue weighted by molar-refractivity contribution is -0.113. The molecule has 28 heavy (non-hydrogen) atoms. The largest absolute Gasteiger partial charge is 0.494 e. The van der Waals surface area contributed by atoms with Crippen LogP contribution in [0.1, 0.15) is 24.6 Å². The Bertz CT molecular complexity index is 980. The Labute approximate surface area is 166 Å². The van der Waals surface area contributed by atoms with Gasteiger partial charge in [0.15, 0.2) is 0 Å². The van der Waals surface area contributed by atoms with Crippen LogP contribution in [0.15, 0.2) is 29.4 Å². The molecule has 4 rings (SSSR count). The van der Waals surface area contributed by atoms with E-state index in [4.69, 9.17) is 10.6 Å². The molecule has 0 spiro atoms. The fourth-order valence-corrected chi connectivity index (χ4v) is 3.83. The van der Waals surface area contributed by atoms with Crippen LogP contribution >= 0.6 is 11.8 Å². The van der Waals surface area contributed by atoms with Crippen LogP contribution in [0, 0.1) is 0 Å². The molecule has 0 atom stereocenters. The van der Waals surface area contributed by atoms with Crippen molar-refractivity contribution in [3.8, 4) is 17.3 Å². The Kier molecular flexibility index (Phi) is 5.20. The van der Waals surface area contributed by atoms with Crippen molar-refractivity contribution in [1.82, 2.24) is 25.1 Å². The van der Waals surface area contributed by atoms with Crippen molar-refractivity contribution in [2.24, 2.45) is 0 Å². The molecule has 0 unspecified atom stereocenters. The summed E-state index contributed by atoms with van der Waals surface area (Å²) in [4.78, 5) is 12.2. The predicted molar refractivity (Wildman–Crippen MR) is 107 cm³/mol. The van der Waals surface area contributed by atoms with Gasteiger partial charge in [0.1, 0.15) is 11.4 Å². The normalized spacial score (nSPS) is 12.8. The molecule has 9 nitrogen and oxygen atoms in total. The van der Waals surface area contributed by atoms with Crippen molar-refractivity contribution in [2.45, 2.75) is 31.3 Å². The molecule has 10 heteroatoms. The standard InChI is InChI=1S/C18H21N7O2S/c1-2-27-12-8-6-11(7-9-12)20-15(26)10-28-18-24-23-17(25(18)19)16-13-4-3-5-14(13)21-22-16/h6-9H,2-5,10,19H2,1H3,(H,20,26)(H,21,22). The number of H-pyrrole nitrogens is 1. The van der Waals surface area contributed by atoms with Crippen LogP contribution in [-0.4, -0.2) is 43.3 Å². The molecule has 2 heterocycles. The number of anilines is 1. The molecule has 2 aromatic heterocycles. The lowest BCUT2D eigenvalue weighted by atomic mass is 10.2. The first kappa shape index (κ1) is 18.4. The summed E-state index contributed by atoms with van der Waals surface area (Å²) in [5.74, 6) is 7.43. The second-order valence-corrected chi connectivity index (χ2v) is 7.30. The number of aryl methyl sites for hydroxylation is 1. The highest BCUT2D eigenvalue weighted by atomic mass is 32.2. The summed E-state index contributed by atoms with van der Waals surface area (Å²) in [6.45, 7) is 2.53. The third-order valence-electron chi connectivity index (χ3n) is 4.46. The smallest absolute Gasteiger partial charge is 0.234 e. The van der Waals surface area contributed by atoms with E-state index in [1.165, 1.54) is 16.4 Å². The van der Waals surface area contributed by atoms with Gasteiger partial charge >= 0.3 is 0 Å². The average Bonchev–Trinajstić information content (AvgIpc) is 3.38. The van der Waals surface area contributed by atoms with E-state index in [1.807, 2.05) is 19.1 Å². The van der Waals surface area contributed by atoms with Crippen LogP contribution in [0.3, 0.4) is 0 Å². The highest BCUT2D eigenvalue weighted by molar-refractivity contribution is 7.99. The Balaban J connectivity index is 1.37. The van der Waals surface area contributed by atoms with E-state index in [2.05, 4.69) is 25.7 Å². The molecule has 1 aliphatic carbocycles. The van der Waals surface area contributed by atoms with Crippen LogP contribution in [0.25, 0.3) is 11.5 Å². The van der Waals surface area contributed by atoms with Crippen molar-refractivity contribution < 1.29 is 9.53 Å². The molecule has 4 N–H and O–H groups in total. The molecule has 146 valence electrons. The first-order valence-electron chi connectivity index (χ1n) is 9.08. The zero-order valence-electron chi connectivity index (χ0n) is 15.4. The molecular weight excluding hydrogens is 378 g/mol. The van der Waals surface area contributed by atoms with Crippen LogP contribution < -0.4 is 15.9 Å². The van der Waals surface area contributed by atoms with Gasteiger partial charge in [-0.2, -0.15) is 5.10 Å². The Morgan fingerprint density at radius 3 is 2.93 bits per heavy atom. The monoisotopic (exact) mass is 399 g/mol. The van der Waals surface area contributed by atoms with Crippen molar-refractivity contribution in [3.63, 3.8) is 0 Å². The van der Waals surface area contributed by atoms with Crippen molar-refractivity contribution >= 4 is 23.4 Å². The quantitative estimate of drug-likeness (QED) is 0.410. The van der Waals surface area contributed by atoms with E-state index >= 15 is 0 Å². The predicted octanol–water partition coefficient (Wildman–Crippen LogP) is 2.00. The molecule has 0 fully saturated rings. The van der Waals surface area contributed by atoms with Gasteiger partial charge in [0.05, 0.1) is 12.4 Å². The van der Waals surface area contributed by atoms with Gasteiger partial charge in [-0.1, -0.05) is 11.8 Å². The summed E-state index contributed by atoms with van der Waals surface area (Å²) in [6, 6.07) is 7.24. The minimum Gasteiger partial charge on any atom is -0.494 e. The van der Waals surface area contributed by atoms with Crippen LogP contribution in [-0.2, 0) is 17.6 Å². The fourth-order valence-electron chi connectivity index (χ4n) is 3.17. The van der Waals surface area contributed by atoms with Crippen molar-refractivity contribution in [1.29, 1.82) is 0 Å². The van der Waals surface area contributed by atoms with Gasteiger partial charge in [-0.15, -0.1) is 10.2 Å². The molecule has 1 aromatic carbocycles. The zero-order chi connectivity index (χ0) is 19.5. The third-order valence-corrected chi connectivity index (χ3v) is 5.41. The number of carbonyl (C=O) groups excluding carboxylic acids is 1. The number of fused-ring (bicyclic) bond motifs is 1. The van der Waals surface area contributed by atoms with Gasteiger partial charge in [-0.3, -0.25) is 9.89 Å². The van der Waals surface area contributed by atoms with Gasteiger partial charge in [0.2, 0.25) is 16.9 Å². The van der Waals surface area contributed by atoms with E-state index in [0.29, 0.717) is 23.3 Å². The fraction of sp³-hybridized carbons (Fsp3) is 0.333. The molecule has 0 radical (unpaired) electrons. The highest BCUT2D eigenvalue weighted by Crippen LogP contribution is 2.30. The maximum Gasteiger partial charge on any atom is 0.234 e. The molecule has 1 amide bonds. The Hall–Kier alpha value is -3.01. The number of aromatic amines is 1. The summed E-state index contributed by atoms with van der Waals surface area (Å²) < 4.78 is 6.78. The lowest BCUT2D eigenvalue weighted by Crippen LogP contribution is -2.16. The van der Waals surface area contributed by atoms with Crippen LogP contribution in [0.2, 0.25) is 0 Å². The molecule has 0 bridgehead atoms. The number of rotatable bonds is 7. The molecule has 1 aliphatic rings. The van der Waals surface area contributed by atoms with Crippen molar-refractivity contribution in [3.05, 3.63) is 35.5 Å². The van der Waals surface area contributed by atoms with E-state index < -0.39 is 0 Å². The zero-order valence-corrected chi connectivity index (χ0v) is 16.3. The van der Waals surface area contributed by atoms with Crippen LogP contribution in [0.4, 0.5) is 5.69 Å². The number of hydrogen-bond acceptors (Lipinski definition) is 7. The van der Waals surface area contributed by atoms with E-state index in [1.54, 1.807) is 12.1 Å². The SMILES string of the molecule is CCOc1ccc(NC(=O)CSc2nnc(-c3n[nH]c4c3CCC4)n2N)cc1. The summed E-state index contributed by atoms with van der Waals surface area (Å²) in [5, 5.41) is 18.9. The maximum atomic E-state index is 12.2. The topological polar surface area (TPSA) is 124 Å². The van der Waals surface area contributed by atoms with Crippen LogP contribution in [0.5, 0.6) is 5.75 Å². The number of aromatic nitrogens is 5. The van der Waals surface area contributed by atoms with E-state index in [-0.39, 0.29) is 11.7 Å². The number of nitrogens with zero attached hydrogens (tertiary/aromatic N) is 4. The lowest BCUT2D eigenvalue weighted by Gasteiger charge is -2.07. The first-order valence-corrected chi connectivity index (χ1v) is 10.1. The summed E-state index contributed by atoms with van der Waals surface area (Å²) >= 11 is 1.23. The van der Waals surface area contributed by atoms with Crippen molar-refractivity contribution in [2.75, 3.05) is 23.5 Å². The Morgan fingerprint density at radius 1 is 1.32 bits per heavy atom. The number of ether oxygens (including phenoxy) is 1. The molecule has 3 aromatic rings. The summed E-state index contributed by atoms with van der Waals surface area (Å²) in [6.07, 6.45) is 3.05. The molecule has 0 saturated heterocycles. The number of benzene rings is 1. The average molecular weight is 399 g/mol. The number of carbonyl (C=O) groups is 1. The summed E-state index contributed by atoms with van der Waals surface area (Å²) in [7, 11) is 0. The van der Waals surface area contributed by atoms with E-state index in [9.17, 15) is 4.79 Å². The molecule has 0 saturated carbocycles. The highest BCUT2D eigenvalue weighted by Gasteiger charge is 2.24. The molecular formula is C18H21N7O2S. The molecule has 0 aliphatic heterocycles. The number of nitrogens with one attached hydrogen (secondary N) is 2. The second-order valence-electron chi connectivity index (χ2n) is 6.35. The minimum absolute atomic E-state index is 0.153. The van der Waals surface area contributed by atoms with Gasteiger partial charge in [0, 0.05) is 16.9 Å². The number of amides is 1. The minimum atomic E-state index is -0.153. The number of thioether (sulfide) groups is 1. The van der Waals surface area contributed by atoms with Gasteiger partial charge < -0.3 is 15.9 Å². The maximum absolute atomic E-state index is 12.2.